The number of halogens is 1. The highest BCUT2D eigenvalue weighted by atomic mass is 35.5. The minimum Gasteiger partial charge on any atom is -0.506 e. The summed E-state index contributed by atoms with van der Waals surface area (Å²) in [5.41, 5.74) is 1.55. The number of benzene rings is 2. The van der Waals surface area contributed by atoms with Crippen LogP contribution in [-0.2, 0) is 6.54 Å². The molecule has 2 N–H and O–H groups in total. The zero-order valence-corrected chi connectivity index (χ0v) is 12.2. The Hall–Kier alpha value is -2.11. The molecule has 0 bridgehead atoms. The molecule has 0 radical (unpaired) electrons. The van der Waals surface area contributed by atoms with E-state index in [4.69, 9.17) is 11.6 Å². The average molecular weight is 307 g/mol. The lowest BCUT2D eigenvalue weighted by molar-refractivity contribution is -0.384. The number of nitrogens with one attached hydrogen (secondary N) is 1. The Bertz CT molecular complexity index is 661. The molecule has 1 atom stereocenters. The van der Waals surface area contributed by atoms with Crippen molar-refractivity contribution >= 4 is 17.3 Å². The van der Waals surface area contributed by atoms with Crippen LogP contribution >= 0.6 is 11.6 Å². The van der Waals surface area contributed by atoms with E-state index in [0.717, 1.165) is 5.56 Å². The predicted octanol–water partition coefficient (Wildman–Crippen LogP) is 3.80. The number of nitrogens with zero attached hydrogens (tertiary/aromatic N) is 1. The maximum absolute atomic E-state index is 10.8. The maximum Gasteiger partial charge on any atom is 0.269 e. The van der Waals surface area contributed by atoms with Crippen molar-refractivity contribution in [3.8, 4) is 5.75 Å². The van der Waals surface area contributed by atoms with Crippen LogP contribution in [0.15, 0.2) is 42.5 Å². The maximum atomic E-state index is 10.8. The normalized spacial score (nSPS) is 12.1. The molecule has 0 heterocycles. The summed E-state index contributed by atoms with van der Waals surface area (Å²) >= 11 is 5.85. The molecule has 0 aliphatic carbocycles. The molecule has 2 aromatic carbocycles. The van der Waals surface area contributed by atoms with E-state index in [0.29, 0.717) is 17.1 Å². The van der Waals surface area contributed by atoms with Crippen LogP contribution in [0.2, 0.25) is 5.02 Å². The number of non-ortho nitro benzene ring substituents is 1. The van der Waals surface area contributed by atoms with Crippen LogP contribution in [0.3, 0.4) is 0 Å². The summed E-state index contributed by atoms with van der Waals surface area (Å²) in [4.78, 5) is 10.4. The second kappa shape index (κ2) is 6.56. The van der Waals surface area contributed by atoms with Crippen molar-refractivity contribution < 1.29 is 10.0 Å². The molecule has 0 saturated heterocycles. The number of hydrogen-bond donors (Lipinski definition) is 2. The molecule has 0 spiro atoms. The van der Waals surface area contributed by atoms with E-state index < -0.39 is 4.92 Å². The Morgan fingerprint density at radius 3 is 2.76 bits per heavy atom. The van der Waals surface area contributed by atoms with E-state index in [1.54, 1.807) is 24.3 Å². The molecule has 6 heteroatoms. The topological polar surface area (TPSA) is 75.4 Å². The van der Waals surface area contributed by atoms with Crippen LogP contribution < -0.4 is 5.32 Å². The van der Waals surface area contributed by atoms with Crippen LogP contribution in [0, 0.1) is 10.1 Å². The van der Waals surface area contributed by atoms with Gasteiger partial charge in [0.15, 0.2) is 0 Å². The molecule has 5 nitrogen and oxygen atoms in total. The third kappa shape index (κ3) is 3.71. The summed E-state index contributed by atoms with van der Waals surface area (Å²) in [6, 6.07) is 11.5. The summed E-state index contributed by atoms with van der Waals surface area (Å²) in [7, 11) is 0. The molecule has 1 unspecified atom stereocenters. The zero-order valence-electron chi connectivity index (χ0n) is 11.4. The molecule has 2 aromatic rings. The van der Waals surface area contributed by atoms with E-state index >= 15 is 0 Å². The van der Waals surface area contributed by atoms with E-state index in [-0.39, 0.29) is 17.5 Å². The van der Waals surface area contributed by atoms with Crippen molar-refractivity contribution in [3.63, 3.8) is 0 Å². The van der Waals surface area contributed by atoms with Gasteiger partial charge in [0, 0.05) is 30.3 Å². The van der Waals surface area contributed by atoms with Gasteiger partial charge in [0.1, 0.15) is 5.75 Å². The van der Waals surface area contributed by atoms with Crippen LogP contribution in [-0.4, -0.2) is 10.0 Å². The molecular weight excluding hydrogens is 292 g/mol. The molecular formula is C15H15ClN2O3. The van der Waals surface area contributed by atoms with Gasteiger partial charge in [0.05, 0.1) is 9.95 Å². The second-order valence-electron chi connectivity index (χ2n) is 4.70. The van der Waals surface area contributed by atoms with Gasteiger partial charge in [0.2, 0.25) is 0 Å². The smallest absolute Gasteiger partial charge is 0.269 e. The van der Waals surface area contributed by atoms with E-state index in [9.17, 15) is 15.2 Å². The number of phenols is 1. The summed E-state index contributed by atoms with van der Waals surface area (Å²) in [6.07, 6.45) is 0. The number of aromatic hydroxyl groups is 1. The lowest BCUT2D eigenvalue weighted by atomic mass is 10.1. The van der Waals surface area contributed by atoms with Crippen molar-refractivity contribution in [1.29, 1.82) is 0 Å². The number of phenolic OH excluding ortho intramolecular Hbond substituents is 1. The highest BCUT2D eigenvalue weighted by Gasteiger charge is 2.12. The van der Waals surface area contributed by atoms with Gasteiger partial charge >= 0.3 is 0 Å². The van der Waals surface area contributed by atoms with Gasteiger partial charge < -0.3 is 10.4 Å². The van der Waals surface area contributed by atoms with Crippen LogP contribution in [0.4, 0.5) is 5.69 Å². The molecule has 0 saturated carbocycles. The Kier molecular flexibility index (Phi) is 4.77. The fourth-order valence-electron chi connectivity index (χ4n) is 1.99. The lowest BCUT2D eigenvalue weighted by Gasteiger charge is -2.15. The fourth-order valence-corrected chi connectivity index (χ4v) is 2.19. The standard InChI is InChI=1S/C15H15ClN2O3/c1-10(11-4-2-6-13(8-11)18(20)21)17-9-12-5-3-7-14(16)15(12)19/h2-8,10,17,19H,9H2,1H3. The van der Waals surface area contributed by atoms with Gasteiger partial charge in [-0.2, -0.15) is 0 Å². The average Bonchev–Trinajstić information content (AvgIpc) is 2.48. The first-order valence-electron chi connectivity index (χ1n) is 6.43. The van der Waals surface area contributed by atoms with Gasteiger partial charge in [0.25, 0.3) is 5.69 Å². The van der Waals surface area contributed by atoms with Crippen LogP contribution in [0.25, 0.3) is 0 Å². The van der Waals surface area contributed by atoms with Crippen molar-refractivity contribution in [2.24, 2.45) is 0 Å². The minimum atomic E-state index is -0.418. The van der Waals surface area contributed by atoms with E-state index in [2.05, 4.69) is 5.32 Å². The van der Waals surface area contributed by atoms with Gasteiger partial charge in [-0.05, 0) is 18.6 Å². The third-order valence-corrected chi connectivity index (χ3v) is 3.56. The van der Waals surface area contributed by atoms with E-state index in [1.165, 1.54) is 12.1 Å². The van der Waals surface area contributed by atoms with Gasteiger partial charge in [-0.3, -0.25) is 10.1 Å². The number of hydrogen-bond acceptors (Lipinski definition) is 4. The molecule has 0 amide bonds. The van der Waals surface area contributed by atoms with Crippen LogP contribution in [0.1, 0.15) is 24.1 Å². The van der Waals surface area contributed by atoms with Gasteiger partial charge in [-0.25, -0.2) is 0 Å². The number of nitro groups is 1. The molecule has 0 aliphatic rings. The number of nitro benzene ring substituents is 1. The van der Waals surface area contributed by atoms with Crippen molar-refractivity contribution in [1.82, 2.24) is 5.32 Å². The summed E-state index contributed by atoms with van der Waals surface area (Å²) in [5, 5.41) is 24.1. The Labute approximate surface area is 127 Å². The summed E-state index contributed by atoms with van der Waals surface area (Å²) in [6.45, 7) is 2.32. The third-order valence-electron chi connectivity index (χ3n) is 3.25. The molecule has 110 valence electrons. The summed E-state index contributed by atoms with van der Waals surface area (Å²) < 4.78 is 0. The van der Waals surface area contributed by atoms with Crippen LogP contribution in [0.5, 0.6) is 5.75 Å². The quantitative estimate of drug-likeness (QED) is 0.650. The van der Waals surface area contributed by atoms with E-state index in [1.807, 2.05) is 13.0 Å². The molecule has 21 heavy (non-hydrogen) atoms. The fraction of sp³-hybridized carbons (Fsp3) is 0.200. The molecule has 0 aliphatic heterocycles. The Balaban J connectivity index is 2.08. The first kappa shape index (κ1) is 15.3. The van der Waals surface area contributed by atoms with Gasteiger partial charge in [-0.15, -0.1) is 0 Å². The van der Waals surface area contributed by atoms with Gasteiger partial charge in [-0.1, -0.05) is 35.9 Å². The van der Waals surface area contributed by atoms with Crippen molar-refractivity contribution in [2.75, 3.05) is 0 Å². The highest BCUT2D eigenvalue weighted by molar-refractivity contribution is 6.32. The zero-order chi connectivity index (χ0) is 15.4. The van der Waals surface area contributed by atoms with Crippen molar-refractivity contribution in [2.45, 2.75) is 19.5 Å². The second-order valence-corrected chi connectivity index (χ2v) is 5.11. The monoisotopic (exact) mass is 306 g/mol. The number of para-hydroxylation sites is 1. The Morgan fingerprint density at radius 1 is 1.33 bits per heavy atom. The molecule has 2 rings (SSSR count). The predicted molar refractivity (Wildman–Crippen MR) is 81.5 cm³/mol. The largest absolute Gasteiger partial charge is 0.506 e. The molecule has 0 fully saturated rings. The first-order chi connectivity index (χ1) is 9.99. The summed E-state index contributed by atoms with van der Waals surface area (Å²) in [5.74, 6) is 0.0536. The number of rotatable bonds is 5. The SMILES string of the molecule is CC(NCc1cccc(Cl)c1O)c1cccc([N+](=O)[O-])c1. The molecule has 0 aromatic heterocycles. The first-order valence-corrected chi connectivity index (χ1v) is 6.81. The highest BCUT2D eigenvalue weighted by Crippen LogP contribution is 2.27. The Morgan fingerprint density at radius 2 is 2.05 bits per heavy atom. The minimum absolute atomic E-state index is 0.0536. The van der Waals surface area contributed by atoms with Crippen molar-refractivity contribution in [3.05, 3.63) is 68.7 Å². The lowest BCUT2D eigenvalue weighted by Crippen LogP contribution is -2.18.